The highest BCUT2D eigenvalue weighted by atomic mass is 16.3. The number of phenols is 1. The number of nitrogens with zero attached hydrogens (tertiary/aromatic N) is 1. The lowest BCUT2D eigenvalue weighted by molar-refractivity contribution is 0.101. The van der Waals surface area contributed by atoms with Crippen molar-refractivity contribution in [2.75, 3.05) is 7.05 Å². The normalized spacial score (nSPS) is 16.8. The monoisotopic (exact) mass is 261 g/mol. The molecule has 1 aliphatic rings. The van der Waals surface area contributed by atoms with E-state index in [-0.39, 0.29) is 11.5 Å². The minimum absolute atomic E-state index is 0.0431. The van der Waals surface area contributed by atoms with Crippen LogP contribution in [0.1, 0.15) is 54.9 Å². The lowest BCUT2D eigenvalue weighted by atomic mass is 9.94. The molecule has 0 aromatic heterocycles. The molecule has 0 radical (unpaired) electrons. The standard InChI is InChI=1S/C16H23NO2/c1-12(18)13-8-9-16(19)14(10-13)11-17(2)15-6-4-3-5-7-15/h8-10,15,19H,3-7,11H2,1-2H3. The highest BCUT2D eigenvalue weighted by Crippen LogP contribution is 2.26. The van der Waals surface area contributed by atoms with Crippen LogP contribution in [0.4, 0.5) is 0 Å². The highest BCUT2D eigenvalue weighted by molar-refractivity contribution is 5.94. The van der Waals surface area contributed by atoms with E-state index in [9.17, 15) is 9.90 Å². The van der Waals surface area contributed by atoms with Crippen molar-refractivity contribution in [2.24, 2.45) is 0 Å². The first-order valence-corrected chi connectivity index (χ1v) is 7.11. The Morgan fingerprint density at radius 1 is 1.32 bits per heavy atom. The molecule has 1 aliphatic carbocycles. The van der Waals surface area contributed by atoms with Crippen molar-refractivity contribution in [3.05, 3.63) is 29.3 Å². The predicted octanol–water partition coefficient (Wildman–Crippen LogP) is 3.36. The molecule has 0 unspecified atom stereocenters. The fourth-order valence-electron chi connectivity index (χ4n) is 2.85. The summed E-state index contributed by atoms with van der Waals surface area (Å²) in [7, 11) is 2.11. The van der Waals surface area contributed by atoms with E-state index in [4.69, 9.17) is 0 Å². The van der Waals surface area contributed by atoms with Crippen LogP contribution in [0.3, 0.4) is 0 Å². The molecule has 3 heteroatoms. The molecule has 0 heterocycles. The zero-order valence-corrected chi connectivity index (χ0v) is 11.9. The van der Waals surface area contributed by atoms with Gasteiger partial charge in [-0.2, -0.15) is 0 Å². The van der Waals surface area contributed by atoms with Gasteiger partial charge in [0.1, 0.15) is 5.75 Å². The minimum Gasteiger partial charge on any atom is -0.508 e. The number of phenolic OH excluding ortho intramolecular Hbond substituents is 1. The Labute approximate surface area is 115 Å². The van der Waals surface area contributed by atoms with Crippen molar-refractivity contribution >= 4 is 5.78 Å². The van der Waals surface area contributed by atoms with Crippen molar-refractivity contribution in [2.45, 2.75) is 51.6 Å². The third-order valence-corrected chi connectivity index (χ3v) is 4.10. The molecule has 19 heavy (non-hydrogen) atoms. The molecule has 1 fully saturated rings. The first kappa shape index (κ1) is 14.1. The van der Waals surface area contributed by atoms with Gasteiger partial charge in [0, 0.05) is 23.7 Å². The van der Waals surface area contributed by atoms with Gasteiger partial charge in [-0.1, -0.05) is 19.3 Å². The van der Waals surface area contributed by atoms with Crippen LogP contribution in [-0.4, -0.2) is 28.9 Å². The van der Waals surface area contributed by atoms with Crippen molar-refractivity contribution in [1.29, 1.82) is 0 Å². The lowest BCUT2D eigenvalue weighted by Gasteiger charge is -2.31. The zero-order chi connectivity index (χ0) is 13.8. The quantitative estimate of drug-likeness (QED) is 0.845. The Morgan fingerprint density at radius 2 is 2.00 bits per heavy atom. The highest BCUT2D eigenvalue weighted by Gasteiger charge is 2.19. The predicted molar refractivity (Wildman–Crippen MR) is 76.5 cm³/mol. The lowest BCUT2D eigenvalue weighted by Crippen LogP contribution is -2.32. The molecule has 104 valence electrons. The topological polar surface area (TPSA) is 40.5 Å². The summed E-state index contributed by atoms with van der Waals surface area (Å²) in [6, 6.07) is 5.73. The smallest absolute Gasteiger partial charge is 0.159 e. The molecular weight excluding hydrogens is 238 g/mol. The molecule has 1 saturated carbocycles. The van der Waals surface area contributed by atoms with Crippen LogP contribution in [0.2, 0.25) is 0 Å². The molecule has 3 nitrogen and oxygen atoms in total. The molecule has 2 rings (SSSR count). The number of benzene rings is 1. The number of hydrogen-bond acceptors (Lipinski definition) is 3. The van der Waals surface area contributed by atoms with Crippen LogP contribution in [0.25, 0.3) is 0 Å². The average Bonchev–Trinajstić information content (AvgIpc) is 2.42. The third-order valence-electron chi connectivity index (χ3n) is 4.10. The summed E-state index contributed by atoms with van der Waals surface area (Å²) in [6.45, 7) is 2.26. The van der Waals surface area contributed by atoms with Crippen molar-refractivity contribution < 1.29 is 9.90 Å². The Balaban J connectivity index is 2.08. The third kappa shape index (κ3) is 3.57. The van der Waals surface area contributed by atoms with E-state index in [2.05, 4.69) is 11.9 Å². The second-order valence-electron chi connectivity index (χ2n) is 5.61. The van der Waals surface area contributed by atoms with Crippen LogP contribution in [0, 0.1) is 0 Å². The van der Waals surface area contributed by atoms with Crippen LogP contribution in [-0.2, 0) is 6.54 Å². The number of ketones is 1. The molecule has 0 saturated heterocycles. The molecule has 0 atom stereocenters. The molecule has 1 aromatic carbocycles. The summed E-state index contributed by atoms with van der Waals surface area (Å²) in [4.78, 5) is 13.7. The Kier molecular flexibility index (Phi) is 4.59. The van der Waals surface area contributed by atoms with E-state index >= 15 is 0 Å². The molecule has 1 aromatic rings. The SMILES string of the molecule is CC(=O)c1ccc(O)c(CN(C)C2CCCCC2)c1. The van der Waals surface area contributed by atoms with Gasteiger partial charge >= 0.3 is 0 Å². The van der Waals surface area contributed by atoms with Gasteiger partial charge in [-0.05, 0) is 45.0 Å². The van der Waals surface area contributed by atoms with Gasteiger partial charge in [0.2, 0.25) is 0 Å². The maximum absolute atomic E-state index is 11.4. The van der Waals surface area contributed by atoms with E-state index in [1.165, 1.54) is 32.1 Å². The van der Waals surface area contributed by atoms with Gasteiger partial charge in [0.25, 0.3) is 0 Å². The molecule has 0 bridgehead atoms. The molecule has 0 aliphatic heterocycles. The van der Waals surface area contributed by atoms with E-state index < -0.39 is 0 Å². The summed E-state index contributed by atoms with van der Waals surface area (Å²) in [5.41, 5.74) is 1.52. The largest absolute Gasteiger partial charge is 0.508 e. The van der Waals surface area contributed by atoms with Crippen molar-refractivity contribution in [3.8, 4) is 5.75 Å². The van der Waals surface area contributed by atoms with E-state index in [1.807, 2.05) is 6.07 Å². The van der Waals surface area contributed by atoms with E-state index in [0.717, 1.165) is 5.56 Å². The summed E-state index contributed by atoms with van der Waals surface area (Å²) in [5.74, 6) is 0.328. The van der Waals surface area contributed by atoms with Gasteiger partial charge < -0.3 is 5.11 Å². The van der Waals surface area contributed by atoms with Crippen LogP contribution >= 0.6 is 0 Å². The van der Waals surface area contributed by atoms with Crippen molar-refractivity contribution in [3.63, 3.8) is 0 Å². The van der Waals surface area contributed by atoms with Gasteiger partial charge in [-0.3, -0.25) is 9.69 Å². The second kappa shape index (κ2) is 6.20. The second-order valence-corrected chi connectivity index (χ2v) is 5.61. The fraction of sp³-hybridized carbons (Fsp3) is 0.562. The maximum atomic E-state index is 11.4. The van der Waals surface area contributed by atoms with Gasteiger partial charge in [-0.15, -0.1) is 0 Å². The minimum atomic E-state index is 0.0431. The Hall–Kier alpha value is -1.35. The zero-order valence-electron chi connectivity index (χ0n) is 11.9. The molecular formula is C16H23NO2. The number of carbonyl (C=O) groups is 1. The fourth-order valence-corrected chi connectivity index (χ4v) is 2.85. The first-order chi connectivity index (χ1) is 9.08. The summed E-state index contributed by atoms with van der Waals surface area (Å²) < 4.78 is 0. The van der Waals surface area contributed by atoms with Gasteiger partial charge in [0.15, 0.2) is 5.78 Å². The van der Waals surface area contributed by atoms with Gasteiger partial charge in [0.05, 0.1) is 0 Å². The maximum Gasteiger partial charge on any atom is 0.159 e. The van der Waals surface area contributed by atoms with Crippen LogP contribution in [0.15, 0.2) is 18.2 Å². The van der Waals surface area contributed by atoms with E-state index in [1.54, 1.807) is 19.1 Å². The number of aromatic hydroxyl groups is 1. The van der Waals surface area contributed by atoms with Crippen LogP contribution in [0.5, 0.6) is 5.75 Å². The number of Topliss-reactive ketones (excluding diaryl/α,β-unsaturated/α-hetero) is 1. The molecule has 1 N–H and O–H groups in total. The van der Waals surface area contributed by atoms with E-state index in [0.29, 0.717) is 18.2 Å². The molecule has 0 amide bonds. The Bertz CT molecular complexity index is 450. The van der Waals surface area contributed by atoms with Gasteiger partial charge in [-0.25, -0.2) is 0 Å². The Morgan fingerprint density at radius 3 is 2.63 bits per heavy atom. The van der Waals surface area contributed by atoms with Crippen molar-refractivity contribution in [1.82, 2.24) is 4.90 Å². The number of carbonyl (C=O) groups excluding carboxylic acids is 1. The first-order valence-electron chi connectivity index (χ1n) is 7.11. The summed E-state index contributed by atoms with van der Waals surface area (Å²) >= 11 is 0. The number of rotatable bonds is 4. The molecule has 0 spiro atoms. The average molecular weight is 261 g/mol. The van der Waals surface area contributed by atoms with Crippen LogP contribution < -0.4 is 0 Å². The summed E-state index contributed by atoms with van der Waals surface area (Å²) in [6.07, 6.45) is 6.42. The number of hydrogen-bond donors (Lipinski definition) is 1. The summed E-state index contributed by atoms with van der Waals surface area (Å²) in [5, 5.41) is 9.93.